The molecule has 2 spiro atoms. The van der Waals surface area contributed by atoms with Crippen LogP contribution in [0.25, 0.3) is 0 Å². The van der Waals surface area contributed by atoms with E-state index in [0.717, 1.165) is 45.2 Å². The highest BCUT2D eigenvalue weighted by Crippen LogP contribution is 2.87. The molecule has 7 fully saturated rings. The highest BCUT2D eigenvalue weighted by molar-refractivity contribution is 5.67. The highest BCUT2D eigenvalue weighted by atomic mass is 16.7. The van der Waals surface area contributed by atoms with Crippen molar-refractivity contribution in [2.24, 2.45) is 57.0 Å². The number of carbonyl (C=O) groups is 1. The second kappa shape index (κ2) is 10.8. The van der Waals surface area contributed by atoms with Crippen LogP contribution in [0, 0.1) is 51.2 Å². The third-order valence-electron chi connectivity index (χ3n) is 15.1. The zero-order chi connectivity index (χ0) is 32.3. The number of aliphatic hydroxyl groups excluding tert-OH is 1. The zero-order valence-corrected chi connectivity index (χ0v) is 29.1. The molecule has 9 nitrogen and oxygen atoms in total. The number of amides is 1. The Hall–Kier alpha value is -0.970. The zero-order valence-electron chi connectivity index (χ0n) is 29.1. The Morgan fingerprint density at radius 1 is 1.07 bits per heavy atom. The SMILES string of the molecule is CC(C)C(OC(=O)N(C)C)C1CC(C)C2C(O1)C(O)C1(N)C3CCC4C(C)(C)C(OC5CNCCO5)CCC45CC35CCC21C. The van der Waals surface area contributed by atoms with E-state index in [4.69, 9.17) is 24.7 Å². The van der Waals surface area contributed by atoms with E-state index in [0.29, 0.717) is 18.4 Å². The Bertz CT molecular complexity index is 1160. The summed E-state index contributed by atoms with van der Waals surface area (Å²) in [5.74, 6) is 1.45. The predicted molar refractivity (Wildman–Crippen MR) is 171 cm³/mol. The third kappa shape index (κ3) is 4.35. The van der Waals surface area contributed by atoms with Crippen molar-refractivity contribution in [3.63, 3.8) is 0 Å². The number of fused-ring (bicyclic) bond motifs is 4. The van der Waals surface area contributed by atoms with E-state index in [9.17, 15) is 9.90 Å². The van der Waals surface area contributed by atoms with Gasteiger partial charge in [-0.25, -0.2) is 4.79 Å². The van der Waals surface area contributed by atoms with E-state index in [-0.39, 0.29) is 76.2 Å². The summed E-state index contributed by atoms with van der Waals surface area (Å²) in [5.41, 5.74) is 7.42. The van der Waals surface area contributed by atoms with Gasteiger partial charge >= 0.3 is 6.09 Å². The van der Waals surface area contributed by atoms with Crippen LogP contribution in [0.1, 0.15) is 92.9 Å². The molecule has 5 aliphatic carbocycles. The van der Waals surface area contributed by atoms with E-state index in [1.807, 2.05) is 0 Å². The van der Waals surface area contributed by atoms with Gasteiger partial charge in [0.15, 0.2) is 6.29 Å². The molecule has 45 heavy (non-hydrogen) atoms. The first-order chi connectivity index (χ1) is 21.1. The fourth-order valence-corrected chi connectivity index (χ4v) is 13.1. The maximum absolute atomic E-state index is 12.6. The minimum atomic E-state index is -0.741. The molecule has 7 rings (SSSR count). The first kappa shape index (κ1) is 32.6. The monoisotopic (exact) mass is 631 g/mol. The first-order valence-electron chi connectivity index (χ1n) is 18.1. The average Bonchev–Trinajstić information content (AvgIpc) is 3.62. The van der Waals surface area contributed by atoms with Gasteiger partial charge in [0.05, 0.1) is 36.6 Å². The van der Waals surface area contributed by atoms with Crippen LogP contribution in [0.5, 0.6) is 0 Å². The van der Waals surface area contributed by atoms with Gasteiger partial charge in [-0.1, -0.05) is 41.5 Å². The van der Waals surface area contributed by atoms with Crippen molar-refractivity contribution in [1.82, 2.24) is 10.2 Å². The number of nitrogens with zero attached hydrogens (tertiary/aromatic N) is 1. The molecule has 2 aliphatic heterocycles. The van der Waals surface area contributed by atoms with Crippen LogP contribution in [-0.4, -0.2) is 92.2 Å². The molecule has 1 amide bonds. The molecule has 14 atom stereocenters. The molecule has 0 aromatic carbocycles. The van der Waals surface area contributed by atoms with Crippen molar-refractivity contribution in [2.75, 3.05) is 33.8 Å². The lowest BCUT2D eigenvalue weighted by molar-refractivity contribution is -0.233. The normalized spacial score (nSPS) is 52.0. The molecular formula is C36H61N3O6. The largest absolute Gasteiger partial charge is 0.443 e. The van der Waals surface area contributed by atoms with Gasteiger partial charge < -0.3 is 40.0 Å². The molecule has 4 N–H and O–H groups in total. The molecular weight excluding hydrogens is 570 g/mol. The van der Waals surface area contributed by atoms with Gasteiger partial charge in [0.25, 0.3) is 0 Å². The van der Waals surface area contributed by atoms with Gasteiger partial charge in [0, 0.05) is 27.2 Å². The highest BCUT2D eigenvalue weighted by Gasteiger charge is 2.85. The smallest absolute Gasteiger partial charge is 0.409 e. The molecule has 0 radical (unpaired) electrons. The van der Waals surface area contributed by atoms with Crippen LogP contribution < -0.4 is 11.1 Å². The van der Waals surface area contributed by atoms with Crippen molar-refractivity contribution >= 4 is 6.09 Å². The summed E-state index contributed by atoms with van der Waals surface area (Å²) >= 11 is 0. The summed E-state index contributed by atoms with van der Waals surface area (Å²) in [4.78, 5) is 14.1. The summed E-state index contributed by atoms with van der Waals surface area (Å²) in [6.45, 7) is 16.1. The van der Waals surface area contributed by atoms with Crippen molar-refractivity contribution in [3.8, 4) is 0 Å². The molecule has 2 heterocycles. The lowest BCUT2D eigenvalue weighted by Crippen LogP contribution is -2.70. The van der Waals surface area contributed by atoms with Crippen LogP contribution in [0.4, 0.5) is 4.79 Å². The molecule has 2 saturated heterocycles. The molecule has 14 unspecified atom stereocenters. The van der Waals surface area contributed by atoms with Gasteiger partial charge in [0.2, 0.25) is 0 Å². The van der Waals surface area contributed by atoms with Crippen LogP contribution in [0.3, 0.4) is 0 Å². The first-order valence-corrected chi connectivity index (χ1v) is 18.1. The Labute approximate surface area is 271 Å². The van der Waals surface area contributed by atoms with E-state index < -0.39 is 11.6 Å². The van der Waals surface area contributed by atoms with E-state index >= 15 is 0 Å². The van der Waals surface area contributed by atoms with Crippen molar-refractivity contribution in [1.29, 1.82) is 0 Å². The predicted octanol–water partition coefficient (Wildman–Crippen LogP) is 4.54. The second-order valence-corrected chi connectivity index (χ2v) is 17.8. The Morgan fingerprint density at radius 2 is 1.78 bits per heavy atom. The third-order valence-corrected chi connectivity index (χ3v) is 15.1. The van der Waals surface area contributed by atoms with E-state index in [1.165, 1.54) is 24.2 Å². The van der Waals surface area contributed by atoms with Crippen LogP contribution in [0.2, 0.25) is 0 Å². The molecule has 0 bridgehead atoms. The van der Waals surface area contributed by atoms with Crippen LogP contribution >= 0.6 is 0 Å². The summed E-state index contributed by atoms with van der Waals surface area (Å²) in [7, 11) is 3.42. The Balaban J connectivity index is 1.14. The number of aliphatic hydroxyl groups is 1. The standard InChI is InChI=1S/C36H61N3O6/c1-20(2)28(45-31(41)39(7)8)22-17-21(3)27-29(43-22)30(40)36(37)24-10-9-23-32(4,5)25(44-26-18-38-15-16-42-26)11-12-34(23)19-35(24,34)14-13-33(27,36)6/h20-30,38,40H,9-19,37H2,1-8H3. The van der Waals surface area contributed by atoms with Gasteiger partial charge in [-0.05, 0) is 103 Å². The van der Waals surface area contributed by atoms with Crippen molar-refractivity contribution in [2.45, 2.75) is 135 Å². The van der Waals surface area contributed by atoms with E-state index in [1.54, 1.807) is 14.1 Å². The fourth-order valence-electron chi connectivity index (χ4n) is 13.1. The van der Waals surface area contributed by atoms with Crippen molar-refractivity contribution in [3.05, 3.63) is 0 Å². The van der Waals surface area contributed by atoms with Gasteiger partial charge in [-0.3, -0.25) is 0 Å². The number of nitrogens with two attached hydrogens (primary N) is 1. The summed E-state index contributed by atoms with van der Waals surface area (Å²) in [6, 6.07) is 0. The van der Waals surface area contributed by atoms with E-state index in [2.05, 4.69) is 46.9 Å². The van der Waals surface area contributed by atoms with Gasteiger partial charge in [-0.15, -0.1) is 0 Å². The minimum absolute atomic E-state index is 0.0546. The number of morpholine rings is 1. The average molecular weight is 632 g/mol. The number of rotatable bonds is 5. The second-order valence-electron chi connectivity index (χ2n) is 17.8. The minimum Gasteiger partial charge on any atom is -0.443 e. The molecule has 0 aromatic heterocycles. The number of nitrogens with one attached hydrogen (secondary N) is 1. The number of carbonyl (C=O) groups excluding carboxylic acids is 1. The molecule has 256 valence electrons. The summed E-state index contributed by atoms with van der Waals surface area (Å²) < 4.78 is 25.5. The van der Waals surface area contributed by atoms with Crippen LogP contribution in [0.15, 0.2) is 0 Å². The summed E-state index contributed by atoms with van der Waals surface area (Å²) in [6.07, 6.45) is 6.67. The molecule has 9 heteroatoms. The van der Waals surface area contributed by atoms with Gasteiger partial charge in [0.1, 0.15) is 6.10 Å². The summed E-state index contributed by atoms with van der Waals surface area (Å²) in [5, 5.41) is 15.9. The number of hydrogen-bond donors (Lipinski definition) is 3. The maximum Gasteiger partial charge on any atom is 0.409 e. The van der Waals surface area contributed by atoms with Gasteiger partial charge in [-0.2, -0.15) is 0 Å². The molecule has 5 saturated carbocycles. The Morgan fingerprint density at radius 3 is 2.44 bits per heavy atom. The molecule has 0 aromatic rings. The fraction of sp³-hybridized carbons (Fsp3) is 0.972. The lowest BCUT2D eigenvalue weighted by atomic mass is 9.43. The topological polar surface area (TPSA) is 116 Å². The van der Waals surface area contributed by atoms with Crippen LogP contribution in [-0.2, 0) is 18.9 Å². The maximum atomic E-state index is 12.6. The van der Waals surface area contributed by atoms with Crippen molar-refractivity contribution < 1.29 is 28.8 Å². The quantitative estimate of drug-likeness (QED) is 0.405. The Kier molecular flexibility index (Phi) is 7.79. The number of hydrogen-bond acceptors (Lipinski definition) is 8. The molecule has 7 aliphatic rings. The lowest BCUT2D eigenvalue weighted by Gasteiger charge is -2.63. The number of ether oxygens (including phenoxy) is 4.